The summed E-state index contributed by atoms with van der Waals surface area (Å²) in [6.45, 7) is 0.595. The number of amides is 1. The first kappa shape index (κ1) is 12.6. The van der Waals surface area contributed by atoms with Crippen LogP contribution in [0, 0.1) is 0 Å². The van der Waals surface area contributed by atoms with Gasteiger partial charge in [0, 0.05) is 19.3 Å². The molecule has 7 nitrogen and oxygen atoms in total. The highest BCUT2D eigenvalue weighted by Gasteiger charge is 2.07. The molecule has 0 bridgehead atoms. The second kappa shape index (κ2) is 6.20. The number of furan rings is 1. The summed E-state index contributed by atoms with van der Waals surface area (Å²) in [5.41, 5.74) is 0. The number of aryl methyl sites for hydroxylation is 1. The van der Waals surface area contributed by atoms with Crippen LogP contribution in [-0.2, 0) is 7.05 Å². The highest BCUT2D eigenvalue weighted by molar-refractivity contribution is 7.99. The molecule has 0 aliphatic rings. The molecule has 0 fully saturated rings. The predicted molar refractivity (Wildman–Crippen MR) is 65.2 cm³/mol. The van der Waals surface area contributed by atoms with Crippen molar-refractivity contribution in [1.82, 2.24) is 25.5 Å². The van der Waals surface area contributed by atoms with Crippen LogP contribution in [-0.4, -0.2) is 38.4 Å². The van der Waals surface area contributed by atoms with E-state index in [9.17, 15) is 4.79 Å². The summed E-state index contributed by atoms with van der Waals surface area (Å²) in [7, 11) is 1.79. The number of aromatic nitrogens is 4. The molecular formula is C10H13N5O2S. The van der Waals surface area contributed by atoms with E-state index < -0.39 is 0 Å². The Morgan fingerprint density at radius 3 is 3.17 bits per heavy atom. The Hall–Kier alpha value is -1.83. The number of hydrogen-bond donors (Lipinski definition) is 1. The van der Waals surface area contributed by atoms with Crippen LogP contribution in [0.4, 0.5) is 0 Å². The molecule has 18 heavy (non-hydrogen) atoms. The van der Waals surface area contributed by atoms with Gasteiger partial charge in [0.1, 0.15) is 0 Å². The number of hydrogen-bond acceptors (Lipinski definition) is 6. The molecule has 2 heterocycles. The third kappa shape index (κ3) is 3.33. The molecule has 0 atom stereocenters. The van der Waals surface area contributed by atoms with Gasteiger partial charge in [0.25, 0.3) is 5.91 Å². The van der Waals surface area contributed by atoms with Gasteiger partial charge in [-0.15, -0.1) is 5.10 Å². The molecule has 2 aromatic rings. The van der Waals surface area contributed by atoms with Crippen molar-refractivity contribution in [3.8, 4) is 0 Å². The van der Waals surface area contributed by atoms with Gasteiger partial charge in [0.2, 0.25) is 5.16 Å². The van der Waals surface area contributed by atoms with E-state index in [4.69, 9.17) is 4.42 Å². The molecule has 0 saturated carbocycles. The fourth-order valence-corrected chi connectivity index (χ4v) is 2.06. The standard InChI is InChI=1S/C10H13N5O2S/c1-15-10(12-13-14-15)18-7-3-5-11-9(16)8-4-2-6-17-8/h2,4,6H,3,5,7H2,1H3,(H,11,16). The highest BCUT2D eigenvalue weighted by Crippen LogP contribution is 2.12. The van der Waals surface area contributed by atoms with Gasteiger partial charge >= 0.3 is 0 Å². The number of carbonyl (C=O) groups is 1. The van der Waals surface area contributed by atoms with E-state index in [1.807, 2.05) is 0 Å². The summed E-state index contributed by atoms with van der Waals surface area (Å²) in [6, 6.07) is 3.32. The lowest BCUT2D eigenvalue weighted by Crippen LogP contribution is -2.24. The summed E-state index contributed by atoms with van der Waals surface area (Å²) in [5.74, 6) is 0.984. The highest BCUT2D eigenvalue weighted by atomic mass is 32.2. The van der Waals surface area contributed by atoms with Gasteiger partial charge < -0.3 is 9.73 Å². The number of rotatable bonds is 6. The first-order valence-corrected chi connectivity index (χ1v) is 6.43. The first-order chi connectivity index (χ1) is 8.77. The van der Waals surface area contributed by atoms with E-state index in [0.29, 0.717) is 12.3 Å². The largest absolute Gasteiger partial charge is 0.459 e. The average molecular weight is 267 g/mol. The van der Waals surface area contributed by atoms with Gasteiger partial charge in [-0.05, 0) is 29.0 Å². The Morgan fingerprint density at radius 1 is 1.61 bits per heavy atom. The second-order valence-electron chi connectivity index (χ2n) is 3.52. The smallest absolute Gasteiger partial charge is 0.286 e. The van der Waals surface area contributed by atoms with Gasteiger partial charge in [-0.25, -0.2) is 4.68 Å². The SMILES string of the molecule is Cn1nnnc1SCCCNC(=O)c1ccco1. The van der Waals surface area contributed by atoms with E-state index in [2.05, 4.69) is 20.8 Å². The summed E-state index contributed by atoms with van der Waals surface area (Å²) < 4.78 is 6.60. The third-order valence-electron chi connectivity index (χ3n) is 2.16. The second-order valence-corrected chi connectivity index (χ2v) is 4.58. The molecule has 8 heteroatoms. The maximum atomic E-state index is 11.5. The lowest BCUT2D eigenvalue weighted by atomic mass is 10.4. The molecular weight excluding hydrogens is 254 g/mol. The van der Waals surface area contributed by atoms with Crippen LogP contribution in [0.15, 0.2) is 28.0 Å². The zero-order chi connectivity index (χ0) is 12.8. The molecule has 0 radical (unpaired) electrons. The number of nitrogens with zero attached hydrogens (tertiary/aromatic N) is 4. The normalized spacial score (nSPS) is 10.5. The predicted octanol–water partition coefficient (Wildman–Crippen LogP) is 0.715. The van der Waals surface area contributed by atoms with Gasteiger partial charge in [0.05, 0.1) is 6.26 Å². The van der Waals surface area contributed by atoms with Gasteiger partial charge in [0.15, 0.2) is 5.76 Å². The molecule has 0 aromatic carbocycles. The lowest BCUT2D eigenvalue weighted by molar-refractivity contribution is 0.0926. The molecule has 2 rings (SSSR count). The van der Waals surface area contributed by atoms with Crippen LogP contribution in [0.3, 0.4) is 0 Å². The lowest BCUT2D eigenvalue weighted by Gasteiger charge is -2.02. The van der Waals surface area contributed by atoms with Crippen LogP contribution in [0.25, 0.3) is 0 Å². The maximum absolute atomic E-state index is 11.5. The van der Waals surface area contributed by atoms with Gasteiger partial charge in [-0.2, -0.15) is 0 Å². The minimum Gasteiger partial charge on any atom is -0.459 e. The van der Waals surface area contributed by atoms with Gasteiger partial charge in [-0.1, -0.05) is 11.8 Å². The molecule has 2 aromatic heterocycles. The van der Waals surface area contributed by atoms with E-state index in [-0.39, 0.29) is 5.91 Å². The average Bonchev–Trinajstić information content (AvgIpc) is 3.00. The molecule has 0 aliphatic carbocycles. The topological polar surface area (TPSA) is 85.8 Å². The zero-order valence-electron chi connectivity index (χ0n) is 9.87. The zero-order valence-corrected chi connectivity index (χ0v) is 10.7. The molecule has 1 amide bonds. The molecule has 0 saturated heterocycles. The van der Waals surface area contributed by atoms with E-state index >= 15 is 0 Å². The number of tetrazole rings is 1. The molecule has 0 spiro atoms. The number of nitrogens with one attached hydrogen (secondary N) is 1. The van der Waals surface area contributed by atoms with Crippen LogP contribution in [0.2, 0.25) is 0 Å². The minimum absolute atomic E-state index is 0.190. The minimum atomic E-state index is -0.190. The Morgan fingerprint density at radius 2 is 2.50 bits per heavy atom. The van der Waals surface area contributed by atoms with Crippen LogP contribution < -0.4 is 5.32 Å². The summed E-state index contributed by atoms with van der Waals surface area (Å²) in [4.78, 5) is 11.5. The summed E-state index contributed by atoms with van der Waals surface area (Å²) in [5, 5.41) is 14.7. The van der Waals surface area contributed by atoms with Crippen molar-refractivity contribution >= 4 is 17.7 Å². The van der Waals surface area contributed by atoms with Crippen molar-refractivity contribution in [2.45, 2.75) is 11.6 Å². The van der Waals surface area contributed by atoms with Gasteiger partial charge in [-0.3, -0.25) is 4.79 Å². The first-order valence-electron chi connectivity index (χ1n) is 5.44. The molecule has 0 aliphatic heterocycles. The Kier molecular flexibility index (Phi) is 4.35. The molecule has 0 unspecified atom stereocenters. The fraction of sp³-hybridized carbons (Fsp3) is 0.400. The van der Waals surface area contributed by atoms with E-state index in [0.717, 1.165) is 17.3 Å². The third-order valence-corrected chi connectivity index (χ3v) is 3.26. The number of thioether (sulfide) groups is 1. The van der Waals surface area contributed by atoms with Crippen molar-refractivity contribution in [1.29, 1.82) is 0 Å². The van der Waals surface area contributed by atoms with Crippen molar-refractivity contribution < 1.29 is 9.21 Å². The number of carbonyl (C=O) groups excluding carboxylic acids is 1. The fourth-order valence-electron chi connectivity index (χ4n) is 1.28. The summed E-state index contributed by atoms with van der Waals surface area (Å²) in [6.07, 6.45) is 2.32. The van der Waals surface area contributed by atoms with E-state index in [1.165, 1.54) is 6.26 Å². The van der Waals surface area contributed by atoms with Crippen LogP contribution in [0.5, 0.6) is 0 Å². The van der Waals surface area contributed by atoms with Crippen molar-refractivity contribution in [3.05, 3.63) is 24.2 Å². The Bertz CT molecular complexity index is 496. The quantitative estimate of drug-likeness (QED) is 0.613. The monoisotopic (exact) mass is 267 g/mol. The van der Waals surface area contributed by atoms with E-state index in [1.54, 1.807) is 35.6 Å². The van der Waals surface area contributed by atoms with Crippen molar-refractivity contribution in [2.75, 3.05) is 12.3 Å². The molecule has 96 valence electrons. The van der Waals surface area contributed by atoms with Crippen molar-refractivity contribution in [3.63, 3.8) is 0 Å². The Balaban J connectivity index is 1.62. The molecule has 1 N–H and O–H groups in total. The van der Waals surface area contributed by atoms with Crippen LogP contribution >= 0.6 is 11.8 Å². The summed E-state index contributed by atoms with van der Waals surface area (Å²) >= 11 is 1.55. The van der Waals surface area contributed by atoms with Crippen LogP contribution in [0.1, 0.15) is 17.0 Å². The Labute approximate surface area is 108 Å². The van der Waals surface area contributed by atoms with Crippen molar-refractivity contribution in [2.24, 2.45) is 7.05 Å². The maximum Gasteiger partial charge on any atom is 0.286 e.